The molecule has 222 valence electrons. The average Bonchev–Trinajstić information content (AvgIpc) is 3.21. The van der Waals surface area contributed by atoms with E-state index in [9.17, 15) is 24.6 Å². The Morgan fingerprint density at radius 1 is 1.10 bits per heavy atom. The van der Waals surface area contributed by atoms with Gasteiger partial charge in [0.1, 0.15) is 23.4 Å². The molecule has 3 aliphatic rings. The molecule has 2 aliphatic heterocycles. The lowest BCUT2D eigenvalue weighted by molar-refractivity contribution is -0.241. The third-order valence-electron chi connectivity index (χ3n) is 8.90. The summed E-state index contributed by atoms with van der Waals surface area (Å²) in [5.74, 6) is -2.81. The van der Waals surface area contributed by atoms with Crippen LogP contribution in [0, 0.1) is 23.7 Å². The molecule has 0 aromatic rings. The Balaban J connectivity index is 2.20. The van der Waals surface area contributed by atoms with Crippen LogP contribution in [0.3, 0.4) is 0 Å². The van der Waals surface area contributed by atoms with Crippen LogP contribution in [0.4, 0.5) is 0 Å². The van der Waals surface area contributed by atoms with Crippen LogP contribution in [0.1, 0.15) is 93.4 Å². The lowest BCUT2D eigenvalue weighted by Gasteiger charge is -2.55. The van der Waals surface area contributed by atoms with Crippen molar-refractivity contribution in [3.63, 3.8) is 0 Å². The number of hydrogen-bond donors (Lipinski definition) is 2. The molecular formula is C30H48O9. The number of aliphatic hydroxyl groups is 2. The summed E-state index contributed by atoms with van der Waals surface area (Å²) in [7, 11) is 0. The van der Waals surface area contributed by atoms with E-state index in [0.717, 1.165) is 0 Å². The molecule has 1 saturated carbocycles. The molecule has 3 fully saturated rings. The van der Waals surface area contributed by atoms with E-state index in [1.165, 1.54) is 6.92 Å². The third-order valence-corrected chi connectivity index (χ3v) is 8.90. The largest absolute Gasteiger partial charge is 0.458 e. The van der Waals surface area contributed by atoms with Crippen LogP contribution in [0.15, 0.2) is 12.2 Å². The first-order valence-corrected chi connectivity index (χ1v) is 14.5. The Kier molecular flexibility index (Phi) is 9.93. The van der Waals surface area contributed by atoms with Crippen LogP contribution >= 0.6 is 0 Å². The van der Waals surface area contributed by atoms with Gasteiger partial charge in [0.2, 0.25) is 0 Å². The summed E-state index contributed by atoms with van der Waals surface area (Å²) < 4.78 is 24.6. The first-order chi connectivity index (χ1) is 18.2. The minimum absolute atomic E-state index is 0.0671. The van der Waals surface area contributed by atoms with Crippen LogP contribution in [0.2, 0.25) is 0 Å². The Hall–Kier alpha value is -1.97. The monoisotopic (exact) mass is 552 g/mol. The van der Waals surface area contributed by atoms with E-state index in [1.807, 2.05) is 34.6 Å². The highest BCUT2D eigenvalue weighted by atomic mass is 16.6. The van der Waals surface area contributed by atoms with Gasteiger partial charge in [-0.1, -0.05) is 34.3 Å². The van der Waals surface area contributed by atoms with Gasteiger partial charge in [0.15, 0.2) is 6.10 Å². The van der Waals surface area contributed by atoms with E-state index >= 15 is 0 Å². The maximum atomic E-state index is 12.8. The van der Waals surface area contributed by atoms with Gasteiger partial charge in [0.25, 0.3) is 0 Å². The second kappa shape index (κ2) is 12.3. The van der Waals surface area contributed by atoms with Crippen molar-refractivity contribution < 1.29 is 43.5 Å². The molecule has 2 bridgehead atoms. The van der Waals surface area contributed by atoms with Crippen molar-refractivity contribution in [1.82, 2.24) is 0 Å². The third kappa shape index (κ3) is 6.35. The van der Waals surface area contributed by atoms with Crippen molar-refractivity contribution in [2.24, 2.45) is 23.7 Å². The first-order valence-electron chi connectivity index (χ1n) is 14.5. The summed E-state index contributed by atoms with van der Waals surface area (Å²) in [5, 5.41) is 23.1. The van der Waals surface area contributed by atoms with Crippen molar-refractivity contribution in [2.75, 3.05) is 0 Å². The summed E-state index contributed by atoms with van der Waals surface area (Å²) in [6.07, 6.45) is -1.59. The van der Waals surface area contributed by atoms with Crippen LogP contribution in [-0.4, -0.2) is 69.8 Å². The predicted octanol–water partition coefficient (Wildman–Crippen LogP) is 3.87. The zero-order chi connectivity index (χ0) is 29.3. The molecule has 2 N–H and O–H groups in total. The molecule has 3 rings (SSSR count). The van der Waals surface area contributed by atoms with Gasteiger partial charge in [0.05, 0.1) is 12.2 Å². The highest BCUT2D eigenvalue weighted by molar-refractivity contribution is 5.70. The second-order valence-corrected chi connectivity index (χ2v) is 12.4. The van der Waals surface area contributed by atoms with Gasteiger partial charge in [-0.3, -0.25) is 14.4 Å². The van der Waals surface area contributed by atoms with E-state index < -0.39 is 65.5 Å². The topological polar surface area (TPSA) is 129 Å². The summed E-state index contributed by atoms with van der Waals surface area (Å²) in [4.78, 5) is 38.0. The predicted molar refractivity (Wildman–Crippen MR) is 143 cm³/mol. The van der Waals surface area contributed by atoms with Crippen LogP contribution < -0.4 is 0 Å². The normalized spacial score (nSPS) is 40.2. The number of ether oxygens (including phenoxy) is 4. The first kappa shape index (κ1) is 31.6. The maximum absolute atomic E-state index is 12.8. The highest BCUT2D eigenvalue weighted by Crippen LogP contribution is 2.58. The molecule has 0 aromatic heterocycles. The smallest absolute Gasteiger partial charge is 0.306 e. The van der Waals surface area contributed by atoms with Crippen LogP contribution in [0.25, 0.3) is 0 Å². The van der Waals surface area contributed by atoms with Gasteiger partial charge >= 0.3 is 17.9 Å². The molecule has 0 amide bonds. The van der Waals surface area contributed by atoms with Crippen LogP contribution in [-0.2, 0) is 33.3 Å². The lowest BCUT2D eigenvalue weighted by Crippen LogP contribution is -2.68. The summed E-state index contributed by atoms with van der Waals surface area (Å²) in [5.41, 5.74) is -2.20. The number of fused-ring (bicyclic) bond motifs is 5. The number of rotatable bonds is 8. The summed E-state index contributed by atoms with van der Waals surface area (Å²) >= 11 is 0. The van der Waals surface area contributed by atoms with Crippen molar-refractivity contribution in [3.8, 4) is 0 Å². The Morgan fingerprint density at radius 2 is 1.72 bits per heavy atom. The summed E-state index contributed by atoms with van der Waals surface area (Å²) in [6.45, 7) is 16.6. The molecule has 0 spiro atoms. The Morgan fingerprint density at radius 3 is 2.28 bits per heavy atom. The Bertz CT molecular complexity index is 927. The SMILES string of the molecule is C=C1C[C@H]2O[C@H]([C@@H]3[C@@H](C(C)C)[C@H](OC(C)=O)[C@@H](OC(=O)CCC)[C@@](C)(O)[C@@H]32)[C@](C)(OC(=O)CCC)CC[C@@H]1O. The maximum Gasteiger partial charge on any atom is 0.306 e. The molecule has 1 aliphatic carbocycles. The van der Waals surface area contributed by atoms with Crippen molar-refractivity contribution >= 4 is 17.9 Å². The van der Waals surface area contributed by atoms with Gasteiger partial charge in [0, 0.05) is 37.5 Å². The molecular weight excluding hydrogens is 504 g/mol. The van der Waals surface area contributed by atoms with Crippen LogP contribution in [0.5, 0.6) is 0 Å². The number of aliphatic hydroxyl groups excluding tert-OH is 1. The van der Waals surface area contributed by atoms with E-state index in [0.29, 0.717) is 31.3 Å². The molecule has 39 heavy (non-hydrogen) atoms. The molecule has 2 saturated heterocycles. The molecule has 0 unspecified atom stereocenters. The van der Waals surface area contributed by atoms with Crippen molar-refractivity contribution in [2.45, 2.75) is 135 Å². The fraction of sp³-hybridized carbons (Fsp3) is 0.833. The van der Waals surface area contributed by atoms with E-state index in [-0.39, 0.29) is 37.1 Å². The fourth-order valence-corrected chi connectivity index (χ4v) is 7.21. The zero-order valence-corrected chi connectivity index (χ0v) is 24.6. The number of carbonyl (C=O) groups excluding carboxylic acids is 3. The fourth-order valence-electron chi connectivity index (χ4n) is 7.21. The number of esters is 3. The molecule has 9 nitrogen and oxygen atoms in total. The number of carbonyl (C=O) groups is 3. The van der Waals surface area contributed by atoms with Gasteiger partial charge in [-0.05, 0) is 57.4 Å². The zero-order valence-electron chi connectivity index (χ0n) is 24.6. The van der Waals surface area contributed by atoms with E-state index in [1.54, 1.807) is 6.92 Å². The van der Waals surface area contributed by atoms with Gasteiger partial charge in [-0.25, -0.2) is 0 Å². The minimum Gasteiger partial charge on any atom is -0.458 e. The minimum atomic E-state index is -1.66. The standard InChI is InChI=1S/C30H48O9/c1-9-11-21(33)38-28-26(36-18(6)31)23(16(3)4)24-25(30(28,8)35)20-15-17(5)19(32)13-14-29(7,27(24)37-20)39-22(34)12-10-2/h16,19-20,23-28,32,35H,5,9-15H2,1-4,6-8H3/t19-,20+,23+,24+,25+,26-,27+,28+,29+,30-/m0/s1. The Labute approximate surface area is 232 Å². The lowest BCUT2D eigenvalue weighted by atomic mass is 9.55. The molecule has 2 heterocycles. The van der Waals surface area contributed by atoms with Crippen molar-refractivity contribution in [1.29, 1.82) is 0 Å². The van der Waals surface area contributed by atoms with Gasteiger partial charge in [-0.2, -0.15) is 0 Å². The van der Waals surface area contributed by atoms with Gasteiger partial charge in [-0.15, -0.1) is 0 Å². The number of hydrogen-bond acceptors (Lipinski definition) is 9. The molecule has 9 heteroatoms. The second-order valence-electron chi connectivity index (χ2n) is 12.4. The van der Waals surface area contributed by atoms with E-state index in [2.05, 4.69) is 6.58 Å². The molecule has 0 aromatic carbocycles. The molecule has 10 atom stereocenters. The average molecular weight is 553 g/mol. The van der Waals surface area contributed by atoms with Gasteiger partial charge < -0.3 is 29.2 Å². The molecule has 0 radical (unpaired) electrons. The quantitative estimate of drug-likeness (QED) is 0.262. The highest BCUT2D eigenvalue weighted by Gasteiger charge is 2.69. The van der Waals surface area contributed by atoms with E-state index in [4.69, 9.17) is 18.9 Å². The van der Waals surface area contributed by atoms with Crippen molar-refractivity contribution in [3.05, 3.63) is 12.2 Å². The summed E-state index contributed by atoms with van der Waals surface area (Å²) in [6, 6.07) is 0.